The second kappa shape index (κ2) is 7.28. The number of hydrogen-bond acceptors (Lipinski definition) is 4. The van der Waals surface area contributed by atoms with E-state index in [1.807, 2.05) is 42.5 Å². The lowest BCUT2D eigenvalue weighted by molar-refractivity contribution is 0.751. The molecule has 0 aliphatic heterocycles. The van der Waals surface area contributed by atoms with Gasteiger partial charge in [-0.3, -0.25) is 0 Å². The quantitative estimate of drug-likeness (QED) is 0.658. The maximum absolute atomic E-state index is 6.06. The van der Waals surface area contributed by atoms with Crippen LogP contribution in [0.1, 0.15) is 31.2 Å². The van der Waals surface area contributed by atoms with Gasteiger partial charge >= 0.3 is 0 Å². The van der Waals surface area contributed by atoms with Crippen molar-refractivity contribution in [3.05, 3.63) is 59.1 Å². The standard InChI is InChI=1S/C20H21ClN4/c21-15-7-5-6-14(12-15)13-22-20-24-18-11-4-3-10-17(18)19(25-20)23-16-8-1-2-9-16/h3-7,10-12,16H,1-2,8-9,13H2,(H2,22,23,24,25). The largest absolute Gasteiger partial charge is 0.367 e. The third kappa shape index (κ3) is 3.85. The van der Waals surface area contributed by atoms with Crippen molar-refractivity contribution in [2.24, 2.45) is 0 Å². The Kier molecular flexibility index (Phi) is 4.70. The zero-order valence-electron chi connectivity index (χ0n) is 14.0. The van der Waals surface area contributed by atoms with Crippen molar-refractivity contribution < 1.29 is 0 Å². The third-order valence-corrected chi connectivity index (χ3v) is 4.87. The van der Waals surface area contributed by atoms with Gasteiger partial charge in [-0.25, -0.2) is 4.98 Å². The fourth-order valence-electron chi connectivity index (χ4n) is 3.36. The van der Waals surface area contributed by atoms with Crippen LogP contribution in [0.5, 0.6) is 0 Å². The Morgan fingerprint density at radius 1 is 1.00 bits per heavy atom. The molecule has 0 radical (unpaired) electrons. The Hall–Kier alpha value is -2.33. The van der Waals surface area contributed by atoms with Crippen molar-refractivity contribution >= 4 is 34.3 Å². The lowest BCUT2D eigenvalue weighted by atomic mass is 10.2. The summed E-state index contributed by atoms with van der Waals surface area (Å²) in [5, 5.41) is 8.75. The Bertz CT molecular complexity index is 874. The molecule has 2 N–H and O–H groups in total. The summed E-state index contributed by atoms with van der Waals surface area (Å²) in [6, 6.07) is 16.5. The number of benzene rings is 2. The number of fused-ring (bicyclic) bond motifs is 1. The van der Waals surface area contributed by atoms with Crippen LogP contribution in [0.25, 0.3) is 10.9 Å². The predicted octanol–water partition coefficient (Wildman–Crippen LogP) is 5.25. The van der Waals surface area contributed by atoms with Gasteiger partial charge < -0.3 is 10.6 Å². The Morgan fingerprint density at radius 2 is 1.84 bits per heavy atom. The maximum atomic E-state index is 6.06. The summed E-state index contributed by atoms with van der Waals surface area (Å²) in [4.78, 5) is 9.39. The van der Waals surface area contributed by atoms with Crippen LogP contribution in [0.2, 0.25) is 5.02 Å². The zero-order chi connectivity index (χ0) is 17.1. The van der Waals surface area contributed by atoms with E-state index in [0.717, 1.165) is 27.3 Å². The minimum Gasteiger partial charge on any atom is -0.367 e. The van der Waals surface area contributed by atoms with Gasteiger partial charge in [0.05, 0.1) is 5.52 Å². The van der Waals surface area contributed by atoms with Gasteiger partial charge in [0.15, 0.2) is 0 Å². The monoisotopic (exact) mass is 352 g/mol. The lowest BCUT2D eigenvalue weighted by Crippen LogP contribution is -2.17. The molecule has 4 rings (SSSR count). The van der Waals surface area contributed by atoms with Gasteiger partial charge in [0, 0.05) is 23.0 Å². The molecule has 0 atom stereocenters. The molecule has 1 aliphatic carbocycles. The number of hydrogen-bond donors (Lipinski definition) is 2. The molecule has 2 aromatic carbocycles. The molecule has 1 fully saturated rings. The minimum atomic E-state index is 0.513. The van der Waals surface area contributed by atoms with Gasteiger partial charge in [-0.05, 0) is 42.7 Å². The fourth-order valence-corrected chi connectivity index (χ4v) is 3.57. The van der Waals surface area contributed by atoms with Crippen LogP contribution in [-0.4, -0.2) is 16.0 Å². The highest BCUT2D eigenvalue weighted by Crippen LogP contribution is 2.27. The molecule has 25 heavy (non-hydrogen) atoms. The number of aromatic nitrogens is 2. The molecule has 0 amide bonds. The van der Waals surface area contributed by atoms with Crippen LogP contribution in [0.4, 0.5) is 11.8 Å². The van der Waals surface area contributed by atoms with E-state index in [2.05, 4.69) is 21.7 Å². The molecule has 1 aromatic heterocycles. The van der Waals surface area contributed by atoms with Gasteiger partial charge in [0.25, 0.3) is 0 Å². The maximum Gasteiger partial charge on any atom is 0.225 e. The predicted molar refractivity (Wildman–Crippen MR) is 104 cm³/mol. The summed E-state index contributed by atoms with van der Waals surface area (Å²) in [6.45, 7) is 0.641. The first-order valence-corrected chi connectivity index (χ1v) is 9.17. The van der Waals surface area contributed by atoms with E-state index in [1.54, 1.807) is 0 Å². The van der Waals surface area contributed by atoms with Crippen LogP contribution >= 0.6 is 11.6 Å². The number of anilines is 2. The molecular formula is C20H21ClN4. The molecule has 1 heterocycles. The van der Waals surface area contributed by atoms with Crippen molar-refractivity contribution in [3.63, 3.8) is 0 Å². The number of halogens is 1. The molecule has 3 aromatic rings. The SMILES string of the molecule is Clc1cccc(CNc2nc(NC3CCCC3)c3ccccc3n2)c1. The van der Waals surface area contributed by atoms with Crippen LogP contribution in [0.3, 0.4) is 0 Å². The van der Waals surface area contributed by atoms with Gasteiger partial charge in [-0.15, -0.1) is 0 Å². The van der Waals surface area contributed by atoms with Gasteiger partial charge in [-0.1, -0.05) is 48.7 Å². The lowest BCUT2D eigenvalue weighted by Gasteiger charge is -2.16. The van der Waals surface area contributed by atoms with Crippen LogP contribution < -0.4 is 10.6 Å². The van der Waals surface area contributed by atoms with Gasteiger partial charge in [-0.2, -0.15) is 4.98 Å². The second-order valence-electron chi connectivity index (χ2n) is 6.52. The van der Waals surface area contributed by atoms with Crippen molar-refractivity contribution in [3.8, 4) is 0 Å². The molecule has 0 bridgehead atoms. The number of rotatable bonds is 5. The smallest absolute Gasteiger partial charge is 0.225 e. The van der Waals surface area contributed by atoms with E-state index >= 15 is 0 Å². The summed E-state index contributed by atoms with van der Waals surface area (Å²) in [6.07, 6.45) is 5.01. The molecule has 4 nitrogen and oxygen atoms in total. The highest BCUT2D eigenvalue weighted by Gasteiger charge is 2.17. The Balaban J connectivity index is 1.59. The molecule has 0 saturated heterocycles. The van der Waals surface area contributed by atoms with Crippen molar-refractivity contribution in [1.29, 1.82) is 0 Å². The average Bonchev–Trinajstić information content (AvgIpc) is 3.13. The molecular weight excluding hydrogens is 332 g/mol. The van der Waals surface area contributed by atoms with Gasteiger partial charge in [0.1, 0.15) is 5.82 Å². The summed E-state index contributed by atoms with van der Waals surface area (Å²) in [5.41, 5.74) is 2.06. The van der Waals surface area contributed by atoms with E-state index < -0.39 is 0 Å². The summed E-state index contributed by atoms with van der Waals surface area (Å²) in [5.74, 6) is 1.56. The molecule has 128 valence electrons. The Morgan fingerprint density at radius 3 is 2.68 bits per heavy atom. The molecule has 1 aliphatic rings. The van der Waals surface area contributed by atoms with Crippen molar-refractivity contribution in [2.75, 3.05) is 10.6 Å². The highest BCUT2D eigenvalue weighted by molar-refractivity contribution is 6.30. The number of nitrogens with zero attached hydrogens (tertiary/aromatic N) is 2. The van der Waals surface area contributed by atoms with E-state index in [-0.39, 0.29) is 0 Å². The van der Waals surface area contributed by atoms with Gasteiger partial charge in [0.2, 0.25) is 5.95 Å². The van der Waals surface area contributed by atoms with Crippen molar-refractivity contribution in [1.82, 2.24) is 9.97 Å². The van der Waals surface area contributed by atoms with E-state index in [4.69, 9.17) is 16.6 Å². The van der Waals surface area contributed by atoms with E-state index in [9.17, 15) is 0 Å². The van der Waals surface area contributed by atoms with Crippen molar-refractivity contribution in [2.45, 2.75) is 38.3 Å². The second-order valence-corrected chi connectivity index (χ2v) is 6.96. The van der Waals surface area contributed by atoms with E-state index in [1.165, 1.54) is 25.7 Å². The topological polar surface area (TPSA) is 49.8 Å². The number of nitrogens with one attached hydrogen (secondary N) is 2. The highest BCUT2D eigenvalue weighted by atomic mass is 35.5. The van der Waals surface area contributed by atoms with Crippen LogP contribution in [0, 0.1) is 0 Å². The summed E-state index contributed by atoms with van der Waals surface area (Å²) < 4.78 is 0. The van der Waals surface area contributed by atoms with Crippen LogP contribution in [-0.2, 0) is 6.54 Å². The summed E-state index contributed by atoms with van der Waals surface area (Å²) >= 11 is 6.06. The normalized spacial score (nSPS) is 14.8. The molecule has 0 unspecified atom stereocenters. The first-order chi connectivity index (χ1) is 12.3. The summed E-state index contributed by atoms with van der Waals surface area (Å²) in [7, 11) is 0. The third-order valence-electron chi connectivity index (χ3n) is 4.64. The first kappa shape index (κ1) is 16.2. The number of para-hydroxylation sites is 1. The molecule has 1 saturated carbocycles. The van der Waals surface area contributed by atoms with Crippen LogP contribution in [0.15, 0.2) is 48.5 Å². The average molecular weight is 353 g/mol. The zero-order valence-corrected chi connectivity index (χ0v) is 14.8. The first-order valence-electron chi connectivity index (χ1n) is 8.79. The van der Waals surface area contributed by atoms with E-state index in [0.29, 0.717) is 18.5 Å². The molecule has 0 spiro atoms. The Labute approximate surface area is 152 Å². The minimum absolute atomic E-state index is 0.513. The fraction of sp³-hybridized carbons (Fsp3) is 0.300. The molecule has 5 heteroatoms.